The number of hydrogen-bond donors (Lipinski definition) is 1. The van der Waals surface area contributed by atoms with E-state index in [0.29, 0.717) is 11.4 Å². The van der Waals surface area contributed by atoms with E-state index in [4.69, 9.17) is 4.52 Å². The van der Waals surface area contributed by atoms with Gasteiger partial charge in [0.2, 0.25) is 5.89 Å². The molecule has 0 unspecified atom stereocenters. The van der Waals surface area contributed by atoms with Crippen molar-refractivity contribution in [2.45, 2.75) is 25.9 Å². The number of urea groups is 1. The fourth-order valence-electron chi connectivity index (χ4n) is 2.49. The lowest BCUT2D eigenvalue weighted by atomic mass is 9.92. The van der Waals surface area contributed by atoms with Crippen LogP contribution in [0.1, 0.15) is 24.2 Å². The van der Waals surface area contributed by atoms with Gasteiger partial charge in [0.15, 0.2) is 5.82 Å². The molecule has 1 atom stereocenters. The van der Waals surface area contributed by atoms with Gasteiger partial charge in [-0.15, -0.1) is 0 Å². The van der Waals surface area contributed by atoms with E-state index in [-0.39, 0.29) is 18.1 Å². The molecule has 0 bridgehead atoms. The predicted molar refractivity (Wildman–Crippen MR) is 78.6 cm³/mol. The molecule has 3 rings (SSSR count). The van der Waals surface area contributed by atoms with Crippen molar-refractivity contribution in [3.05, 3.63) is 51.7 Å². The summed E-state index contributed by atoms with van der Waals surface area (Å²) in [6, 6.07) is 4.85. The van der Waals surface area contributed by atoms with Crippen molar-refractivity contribution < 1.29 is 19.0 Å². The van der Waals surface area contributed by atoms with Crippen LogP contribution in [0.25, 0.3) is 0 Å². The number of hydrogen-bond acceptors (Lipinski definition) is 7. The van der Waals surface area contributed by atoms with Crippen LogP contribution in [0.5, 0.6) is 0 Å². The normalized spacial score (nSPS) is 20.3. The highest BCUT2D eigenvalue weighted by atomic mass is 16.6. The molecule has 0 saturated carbocycles. The van der Waals surface area contributed by atoms with Crippen LogP contribution < -0.4 is 5.32 Å². The van der Waals surface area contributed by atoms with E-state index in [0.717, 1.165) is 4.90 Å². The summed E-state index contributed by atoms with van der Waals surface area (Å²) in [7, 11) is 0. The molecule has 10 heteroatoms. The van der Waals surface area contributed by atoms with E-state index in [1.165, 1.54) is 31.2 Å². The molecule has 0 spiro atoms. The summed E-state index contributed by atoms with van der Waals surface area (Å²) >= 11 is 0. The van der Waals surface area contributed by atoms with Crippen molar-refractivity contribution in [2.75, 3.05) is 0 Å². The lowest BCUT2D eigenvalue weighted by Crippen LogP contribution is -2.40. The number of nitrogens with one attached hydrogen (secondary N) is 1. The number of aromatic nitrogens is 2. The van der Waals surface area contributed by atoms with Crippen LogP contribution in [-0.4, -0.2) is 31.9 Å². The Labute approximate surface area is 135 Å². The summed E-state index contributed by atoms with van der Waals surface area (Å²) in [5, 5.41) is 16.9. The van der Waals surface area contributed by atoms with Crippen molar-refractivity contribution in [1.29, 1.82) is 0 Å². The molecular formula is C14H13N5O5. The fourth-order valence-corrected chi connectivity index (χ4v) is 2.49. The highest BCUT2D eigenvalue weighted by Gasteiger charge is 2.49. The van der Waals surface area contributed by atoms with Gasteiger partial charge in [-0.05, 0) is 31.5 Å². The van der Waals surface area contributed by atoms with Gasteiger partial charge in [0.25, 0.3) is 11.6 Å². The maximum Gasteiger partial charge on any atom is 0.325 e. The highest BCUT2D eigenvalue weighted by molar-refractivity contribution is 6.07. The van der Waals surface area contributed by atoms with Gasteiger partial charge in [0.05, 0.1) is 4.92 Å². The zero-order chi connectivity index (χ0) is 17.5. The molecule has 1 N–H and O–H groups in total. The molecule has 1 saturated heterocycles. The third-order valence-electron chi connectivity index (χ3n) is 3.79. The first kappa shape index (κ1) is 15.6. The molecule has 0 radical (unpaired) electrons. The summed E-state index contributed by atoms with van der Waals surface area (Å²) in [5.41, 5.74) is -0.977. The number of non-ortho nitro benzene ring substituents is 1. The molecule has 24 heavy (non-hydrogen) atoms. The highest BCUT2D eigenvalue weighted by Crippen LogP contribution is 2.30. The fraction of sp³-hybridized carbons (Fsp3) is 0.286. The quantitative estimate of drug-likeness (QED) is 0.506. The Morgan fingerprint density at radius 2 is 2.00 bits per heavy atom. The smallest absolute Gasteiger partial charge is 0.325 e. The third-order valence-corrected chi connectivity index (χ3v) is 3.79. The molecule has 124 valence electrons. The molecule has 1 aromatic heterocycles. The number of amides is 3. The van der Waals surface area contributed by atoms with Crippen molar-refractivity contribution in [3.63, 3.8) is 0 Å². The second-order valence-electron chi connectivity index (χ2n) is 5.49. The second-order valence-corrected chi connectivity index (χ2v) is 5.49. The Kier molecular flexibility index (Phi) is 3.51. The van der Waals surface area contributed by atoms with Crippen LogP contribution >= 0.6 is 0 Å². The van der Waals surface area contributed by atoms with E-state index in [2.05, 4.69) is 15.5 Å². The van der Waals surface area contributed by atoms with E-state index in [9.17, 15) is 19.7 Å². The number of carbonyl (C=O) groups is 2. The van der Waals surface area contributed by atoms with Crippen LogP contribution in [0, 0.1) is 17.0 Å². The Hall–Kier alpha value is -3.30. The maximum absolute atomic E-state index is 12.7. The minimum atomic E-state index is -1.32. The predicted octanol–water partition coefficient (Wildman–Crippen LogP) is 1.25. The SMILES string of the molecule is Cc1noc(CN2C(=O)N[C@@](C)(c3ccc([N+](=O)[O-])cc3)C2=O)n1. The average molecular weight is 331 g/mol. The molecule has 2 heterocycles. The summed E-state index contributed by atoms with van der Waals surface area (Å²) < 4.78 is 4.93. The monoisotopic (exact) mass is 331 g/mol. The number of aryl methyl sites for hydroxylation is 1. The zero-order valence-electron chi connectivity index (χ0n) is 12.8. The van der Waals surface area contributed by atoms with Gasteiger partial charge < -0.3 is 9.84 Å². The number of rotatable bonds is 4. The Morgan fingerprint density at radius 3 is 2.54 bits per heavy atom. The van der Waals surface area contributed by atoms with E-state index >= 15 is 0 Å². The first-order valence-corrected chi connectivity index (χ1v) is 6.99. The minimum absolute atomic E-state index is 0.0997. The lowest BCUT2D eigenvalue weighted by Gasteiger charge is -2.21. The van der Waals surface area contributed by atoms with Crippen molar-refractivity contribution >= 4 is 17.6 Å². The molecule has 0 aliphatic carbocycles. The van der Waals surface area contributed by atoms with E-state index < -0.39 is 22.4 Å². The van der Waals surface area contributed by atoms with Crippen LogP contribution in [0.2, 0.25) is 0 Å². The van der Waals surface area contributed by atoms with Crippen LogP contribution in [-0.2, 0) is 16.9 Å². The van der Waals surface area contributed by atoms with Crippen LogP contribution in [0.3, 0.4) is 0 Å². The Balaban J connectivity index is 1.87. The number of nitrogens with zero attached hydrogens (tertiary/aromatic N) is 4. The molecular weight excluding hydrogens is 318 g/mol. The van der Waals surface area contributed by atoms with E-state index in [1.54, 1.807) is 6.92 Å². The summed E-state index contributed by atoms with van der Waals surface area (Å²) in [4.78, 5) is 40.0. The largest absolute Gasteiger partial charge is 0.337 e. The minimum Gasteiger partial charge on any atom is -0.337 e. The van der Waals surface area contributed by atoms with Gasteiger partial charge in [-0.2, -0.15) is 4.98 Å². The summed E-state index contributed by atoms with van der Waals surface area (Å²) in [6.07, 6.45) is 0. The lowest BCUT2D eigenvalue weighted by molar-refractivity contribution is -0.384. The number of imide groups is 1. The van der Waals surface area contributed by atoms with Crippen molar-refractivity contribution in [1.82, 2.24) is 20.4 Å². The molecule has 1 aliphatic heterocycles. The van der Waals surface area contributed by atoms with Crippen molar-refractivity contribution in [2.24, 2.45) is 0 Å². The molecule has 1 fully saturated rings. The van der Waals surface area contributed by atoms with Gasteiger partial charge in [-0.25, -0.2) is 4.79 Å². The van der Waals surface area contributed by atoms with Gasteiger partial charge in [0.1, 0.15) is 12.1 Å². The summed E-state index contributed by atoms with van der Waals surface area (Å²) in [6.45, 7) is 3.02. The maximum atomic E-state index is 12.7. The molecule has 2 aromatic rings. The third kappa shape index (κ3) is 2.47. The van der Waals surface area contributed by atoms with Crippen molar-refractivity contribution in [3.8, 4) is 0 Å². The topological polar surface area (TPSA) is 131 Å². The van der Waals surface area contributed by atoms with Crippen LogP contribution in [0.4, 0.5) is 10.5 Å². The number of nitro groups is 1. The zero-order valence-corrected chi connectivity index (χ0v) is 12.8. The first-order valence-electron chi connectivity index (χ1n) is 6.99. The second kappa shape index (κ2) is 5.41. The molecule has 3 amide bonds. The van der Waals surface area contributed by atoms with Crippen LogP contribution in [0.15, 0.2) is 28.8 Å². The number of carbonyl (C=O) groups excluding carboxylic acids is 2. The Bertz CT molecular complexity index is 830. The van der Waals surface area contributed by atoms with E-state index in [1.807, 2.05) is 0 Å². The molecule has 10 nitrogen and oxygen atoms in total. The first-order chi connectivity index (χ1) is 11.3. The summed E-state index contributed by atoms with van der Waals surface area (Å²) in [5.74, 6) is 0.0383. The van der Waals surface area contributed by atoms with Gasteiger partial charge >= 0.3 is 6.03 Å². The molecule has 1 aliphatic rings. The standard InChI is InChI=1S/C14H13N5O5/c1-8-15-11(24-17-8)7-18-12(20)14(2,16-13(18)21)9-3-5-10(6-4-9)19(22)23/h3-6H,7H2,1-2H3,(H,16,21)/t14-/m0/s1. The number of benzene rings is 1. The molecule has 1 aromatic carbocycles. The Morgan fingerprint density at radius 1 is 1.33 bits per heavy atom. The number of nitro benzene ring substituents is 1. The van der Waals surface area contributed by atoms with Gasteiger partial charge in [-0.1, -0.05) is 5.16 Å². The average Bonchev–Trinajstić information content (AvgIpc) is 3.05. The van der Waals surface area contributed by atoms with Gasteiger partial charge in [0, 0.05) is 12.1 Å². The van der Waals surface area contributed by atoms with Gasteiger partial charge in [-0.3, -0.25) is 19.8 Å².